The topological polar surface area (TPSA) is 58.4 Å². The lowest BCUT2D eigenvalue weighted by molar-refractivity contribution is 0.0736. The van der Waals surface area contributed by atoms with Gasteiger partial charge in [0.1, 0.15) is 0 Å². The van der Waals surface area contributed by atoms with Crippen LogP contribution >= 0.6 is 0 Å². The summed E-state index contributed by atoms with van der Waals surface area (Å²) in [6, 6.07) is 0.0913. The molecule has 2 rings (SSSR count). The van der Waals surface area contributed by atoms with Crippen LogP contribution in [0.1, 0.15) is 38.5 Å². The van der Waals surface area contributed by atoms with Gasteiger partial charge in [0.2, 0.25) is 0 Å². The molecule has 2 amide bonds. The van der Waals surface area contributed by atoms with Crippen molar-refractivity contribution in [3.05, 3.63) is 0 Å². The molecular formula is C11H21N3O. The zero-order valence-electron chi connectivity index (χ0n) is 9.30. The van der Waals surface area contributed by atoms with E-state index in [2.05, 4.69) is 5.32 Å². The number of carbonyl (C=O) groups is 1. The zero-order chi connectivity index (χ0) is 10.7. The molecule has 1 aliphatic carbocycles. The molecule has 0 radical (unpaired) electrons. The van der Waals surface area contributed by atoms with Gasteiger partial charge in [0.15, 0.2) is 0 Å². The van der Waals surface area contributed by atoms with Gasteiger partial charge in [-0.25, -0.2) is 4.79 Å². The summed E-state index contributed by atoms with van der Waals surface area (Å²) in [5.74, 6) is 0. The Hall–Kier alpha value is -0.770. The van der Waals surface area contributed by atoms with E-state index < -0.39 is 0 Å². The SMILES string of the molecule is NCC1(N2CCCNC2=O)CCCCC1. The molecule has 1 aliphatic heterocycles. The molecule has 0 bridgehead atoms. The Morgan fingerprint density at radius 1 is 1.27 bits per heavy atom. The Kier molecular flexibility index (Phi) is 3.14. The van der Waals surface area contributed by atoms with Crippen LogP contribution in [0.5, 0.6) is 0 Å². The van der Waals surface area contributed by atoms with Crippen molar-refractivity contribution in [2.45, 2.75) is 44.1 Å². The summed E-state index contributed by atoms with van der Waals surface area (Å²) < 4.78 is 0. The van der Waals surface area contributed by atoms with E-state index in [1.54, 1.807) is 0 Å². The molecule has 1 saturated heterocycles. The number of amides is 2. The Morgan fingerprint density at radius 3 is 2.60 bits per heavy atom. The fourth-order valence-corrected chi connectivity index (χ4v) is 2.88. The number of hydrogen-bond donors (Lipinski definition) is 2. The van der Waals surface area contributed by atoms with Crippen molar-refractivity contribution in [1.29, 1.82) is 0 Å². The average Bonchev–Trinajstić information content (AvgIpc) is 2.30. The van der Waals surface area contributed by atoms with Crippen LogP contribution in [0.2, 0.25) is 0 Å². The molecule has 0 unspecified atom stereocenters. The molecule has 1 heterocycles. The molecule has 2 aliphatic rings. The summed E-state index contributed by atoms with van der Waals surface area (Å²) in [6.07, 6.45) is 6.92. The molecule has 2 fully saturated rings. The maximum atomic E-state index is 11.8. The molecule has 15 heavy (non-hydrogen) atoms. The van der Waals surface area contributed by atoms with Crippen molar-refractivity contribution in [3.8, 4) is 0 Å². The summed E-state index contributed by atoms with van der Waals surface area (Å²) in [5, 5.41) is 2.92. The first-order chi connectivity index (χ1) is 7.28. The minimum Gasteiger partial charge on any atom is -0.338 e. The monoisotopic (exact) mass is 211 g/mol. The molecule has 0 aromatic carbocycles. The van der Waals surface area contributed by atoms with Gasteiger partial charge < -0.3 is 16.0 Å². The number of urea groups is 1. The minimum atomic E-state index is -0.0389. The Labute approximate surface area is 91.2 Å². The molecular weight excluding hydrogens is 190 g/mol. The van der Waals surface area contributed by atoms with Crippen LogP contribution in [0.4, 0.5) is 4.79 Å². The summed E-state index contributed by atoms with van der Waals surface area (Å²) in [4.78, 5) is 13.8. The lowest BCUT2D eigenvalue weighted by Gasteiger charge is -2.47. The molecule has 0 aromatic heterocycles. The van der Waals surface area contributed by atoms with Crippen molar-refractivity contribution < 1.29 is 4.79 Å². The third-order valence-electron chi connectivity index (χ3n) is 3.82. The summed E-state index contributed by atoms with van der Waals surface area (Å²) in [5.41, 5.74) is 5.87. The molecule has 4 heteroatoms. The van der Waals surface area contributed by atoms with Crippen LogP contribution in [-0.2, 0) is 0 Å². The molecule has 1 saturated carbocycles. The van der Waals surface area contributed by atoms with Gasteiger partial charge in [-0.1, -0.05) is 19.3 Å². The van der Waals surface area contributed by atoms with Crippen LogP contribution in [-0.4, -0.2) is 36.1 Å². The van der Waals surface area contributed by atoms with Crippen LogP contribution in [0.3, 0.4) is 0 Å². The van der Waals surface area contributed by atoms with E-state index in [1.807, 2.05) is 4.90 Å². The average molecular weight is 211 g/mol. The smallest absolute Gasteiger partial charge is 0.317 e. The molecule has 86 valence electrons. The lowest BCUT2D eigenvalue weighted by Crippen LogP contribution is -2.62. The van der Waals surface area contributed by atoms with Crippen molar-refractivity contribution in [1.82, 2.24) is 10.2 Å². The second kappa shape index (κ2) is 4.39. The van der Waals surface area contributed by atoms with E-state index in [1.165, 1.54) is 19.3 Å². The van der Waals surface area contributed by atoms with Crippen LogP contribution < -0.4 is 11.1 Å². The van der Waals surface area contributed by atoms with Crippen molar-refractivity contribution >= 4 is 6.03 Å². The van der Waals surface area contributed by atoms with Gasteiger partial charge in [0, 0.05) is 19.6 Å². The van der Waals surface area contributed by atoms with E-state index >= 15 is 0 Å². The first kappa shape index (κ1) is 10.7. The Bertz CT molecular complexity index is 236. The maximum absolute atomic E-state index is 11.8. The van der Waals surface area contributed by atoms with Crippen LogP contribution in [0.15, 0.2) is 0 Å². The highest BCUT2D eigenvalue weighted by molar-refractivity contribution is 5.75. The molecule has 0 aromatic rings. The summed E-state index contributed by atoms with van der Waals surface area (Å²) in [7, 11) is 0. The second-order valence-corrected chi connectivity index (χ2v) is 4.73. The maximum Gasteiger partial charge on any atom is 0.317 e. The minimum absolute atomic E-state index is 0.0389. The fraction of sp³-hybridized carbons (Fsp3) is 0.909. The number of nitrogens with two attached hydrogens (primary N) is 1. The summed E-state index contributed by atoms with van der Waals surface area (Å²) in [6.45, 7) is 2.30. The van der Waals surface area contributed by atoms with Crippen molar-refractivity contribution in [2.24, 2.45) is 5.73 Å². The Balaban J connectivity index is 2.12. The van der Waals surface area contributed by atoms with E-state index in [0.29, 0.717) is 6.54 Å². The first-order valence-electron chi connectivity index (χ1n) is 6.04. The van der Waals surface area contributed by atoms with Gasteiger partial charge >= 0.3 is 6.03 Å². The second-order valence-electron chi connectivity index (χ2n) is 4.73. The zero-order valence-corrected chi connectivity index (χ0v) is 9.30. The first-order valence-corrected chi connectivity index (χ1v) is 6.04. The number of hydrogen-bond acceptors (Lipinski definition) is 2. The lowest BCUT2D eigenvalue weighted by atomic mass is 9.80. The van der Waals surface area contributed by atoms with E-state index in [-0.39, 0.29) is 11.6 Å². The predicted molar refractivity (Wildman–Crippen MR) is 59.6 cm³/mol. The third-order valence-corrected chi connectivity index (χ3v) is 3.82. The van der Waals surface area contributed by atoms with Crippen molar-refractivity contribution in [2.75, 3.05) is 19.6 Å². The number of nitrogens with one attached hydrogen (secondary N) is 1. The summed E-state index contributed by atoms with van der Waals surface area (Å²) >= 11 is 0. The molecule has 0 spiro atoms. The number of carbonyl (C=O) groups excluding carboxylic acids is 1. The number of rotatable bonds is 2. The fourth-order valence-electron chi connectivity index (χ4n) is 2.88. The standard InChI is InChI=1S/C11H21N3O/c12-9-11(5-2-1-3-6-11)14-8-4-7-13-10(14)15/h1-9,12H2,(H,13,15). The van der Waals surface area contributed by atoms with Gasteiger partial charge in [0.25, 0.3) is 0 Å². The van der Waals surface area contributed by atoms with Crippen LogP contribution in [0.25, 0.3) is 0 Å². The normalized spacial score (nSPS) is 26.2. The van der Waals surface area contributed by atoms with E-state index in [9.17, 15) is 4.79 Å². The van der Waals surface area contributed by atoms with E-state index in [4.69, 9.17) is 5.73 Å². The highest BCUT2D eigenvalue weighted by atomic mass is 16.2. The van der Waals surface area contributed by atoms with Crippen molar-refractivity contribution in [3.63, 3.8) is 0 Å². The van der Waals surface area contributed by atoms with Gasteiger partial charge in [-0.2, -0.15) is 0 Å². The van der Waals surface area contributed by atoms with Gasteiger partial charge in [-0.05, 0) is 19.3 Å². The van der Waals surface area contributed by atoms with E-state index in [0.717, 1.165) is 32.4 Å². The molecule has 0 atom stereocenters. The highest BCUT2D eigenvalue weighted by Gasteiger charge is 2.40. The largest absolute Gasteiger partial charge is 0.338 e. The third kappa shape index (κ3) is 1.95. The predicted octanol–water partition coefficient (Wildman–Crippen LogP) is 1.06. The van der Waals surface area contributed by atoms with Gasteiger partial charge in [0.05, 0.1) is 5.54 Å². The van der Waals surface area contributed by atoms with Gasteiger partial charge in [-0.3, -0.25) is 0 Å². The van der Waals surface area contributed by atoms with Crippen LogP contribution in [0, 0.1) is 0 Å². The highest BCUT2D eigenvalue weighted by Crippen LogP contribution is 2.33. The van der Waals surface area contributed by atoms with Gasteiger partial charge in [-0.15, -0.1) is 0 Å². The molecule has 4 nitrogen and oxygen atoms in total. The Morgan fingerprint density at radius 2 is 2.00 bits per heavy atom. The molecule has 3 N–H and O–H groups in total. The quantitative estimate of drug-likeness (QED) is 0.717. The number of nitrogens with zero attached hydrogens (tertiary/aromatic N) is 1.